The van der Waals surface area contributed by atoms with Crippen LogP contribution in [0.4, 0.5) is 4.39 Å². The van der Waals surface area contributed by atoms with Gasteiger partial charge in [0.2, 0.25) is 5.91 Å². The van der Waals surface area contributed by atoms with Crippen LogP contribution >= 0.6 is 23.2 Å². The zero-order valence-corrected chi connectivity index (χ0v) is 14.1. The molecule has 0 aliphatic heterocycles. The van der Waals surface area contributed by atoms with Crippen LogP contribution in [0.1, 0.15) is 18.4 Å². The molecule has 1 N–H and O–H groups in total. The number of carbonyl (C=O) groups excluding carboxylic acids is 1. The van der Waals surface area contributed by atoms with E-state index in [2.05, 4.69) is 10.5 Å². The Hall–Kier alpha value is -2.11. The number of ether oxygens (including phenoxy) is 1. The maximum Gasteiger partial charge on any atom is 0.240 e. The summed E-state index contributed by atoms with van der Waals surface area (Å²) < 4.78 is 18.2. The summed E-state index contributed by atoms with van der Waals surface area (Å²) in [7, 11) is 0. The van der Waals surface area contributed by atoms with E-state index in [9.17, 15) is 9.18 Å². The molecule has 1 amide bonds. The van der Waals surface area contributed by atoms with Gasteiger partial charge >= 0.3 is 0 Å². The van der Waals surface area contributed by atoms with Crippen LogP contribution in [-0.4, -0.2) is 18.7 Å². The first-order chi connectivity index (χ1) is 11.5. The van der Waals surface area contributed by atoms with Crippen molar-refractivity contribution in [3.8, 4) is 5.75 Å². The average molecular weight is 369 g/mol. The van der Waals surface area contributed by atoms with Gasteiger partial charge in [0.1, 0.15) is 11.6 Å². The highest BCUT2D eigenvalue weighted by Crippen LogP contribution is 2.27. The molecule has 0 aliphatic carbocycles. The number of nitrogens with zero attached hydrogens (tertiary/aromatic N) is 1. The quantitative estimate of drug-likeness (QED) is 0.446. The normalized spacial score (nSPS) is 10.8. The average Bonchev–Trinajstić information content (AvgIpc) is 2.55. The topological polar surface area (TPSA) is 50.7 Å². The molecule has 0 saturated heterocycles. The minimum Gasteiger partial charge on any atom is -0.492 e. The van der Waals surface area contributed by atoms with E-state index in [1.807, 2.05) is 0 Å². The predicted octanol–water partition coefficient (Wildman–Crippen LogP) is 4.44. The Morgan fingerprint density at radius 3 is 2.67 bits per heavy atom. The molecule has 0 unspecified atom stereocenters. The summed E-state index contributed by atoms with van der Waals surface area (Å²) in [6, 6.07) is 10.7. The van der Waals surface area contributed by atoms with E-state index in [1.54, 1.807) is 30.3 Å². The Bertz CT molecular complexity index is 721. The number of amides is 1. The molecular weight excluding hydrogens is 354 g/mol. The molecule has 0 bridgehead atoms. The van der Waals surface area contributed by atoms with E-state index in [4.69, 9.17) is 27.9 Å². The first kappa shape index (κ1) is 18.2. The Balaban J connectivity index is 1.67. The summed E-state index contributed by atoms with van der Waals surface area (Å²) in [6.07, 6.45) is 2.21. The number of hydrazone groups is 1. The van der Waals surface area contributed by atoms with Crippen LogP contribution in [0, 0.1) is 5.82 Å². The molecule has 4 nitrogen and oxygen atoms in total. The largest absolute Gasteiger partial charge is 0.492 e. The van der Waals surface area contributed by atoms with Crippen LogP contribution in [0.25, 0.3) is 0 Å². The second-order valence-electron chi connectivity index (χ2n) is 4.87. The summed E-state index contributed by atoms with van der Waals surface area (Å²) in [5.74, 6) is -0.0352. The van der Waals surface area contributed by atoms with Gasteiger partial charge < -0.3 is 4.74 Å². The van der Waals surface area contributed by atoms with Crippen LogP contribution in [0.15, 0.2) is 47.6 Å². The summed E-state index contributed by atoms with van der Waals surface area (Å²) in [6.45, 7) is 0.344. The van der Waals surface area contributed by atoms with Gasteiger partial charge in [0.05, 0.1) is 17.8 Å². The molecule has 0 aliphatic rings. The summed E-state index contributed by atoms with van der Waals surface area (Å²) in [5, 5.41) is 4.77. The SMILES string of the molecule is O=C(CCCOc1ccc(Cl)cc1Cl)N/N=C/c1ccc(F)cc1. The summed E-state index contributed by atoms with van der Waals surface area (Å²) >= 11 is 11.8. The lowest BCUT2D eigenvalue weighted by Crippen LogP contribution is -2.18. The molecule has 0 aromatic heterocycles. The lowest BCUT2D eigenvalue weighted by molar-refractivity contribution is -0.121. The van der Waals surface area contributed by atoms with Gasteiger partial charge in [-0.15, -0.1) is 0 Å². The van der Waals surface area contributed by atoms with Crippen LogP contribution in [0.5, 0.6) is 5.75 Å². The molecule has 2 rings (SSSR count). The van der Waals surface area contributed by atoms with Crippen molar-refractivity contribution in [3.05, 3.63) is 63.9 Å². The Labute approximate surface area is 149 Å². The monoisotopic (exact) mass is 368 g/mol. The zero-order valence-electron chi connectivity index (χ0n) is 12.6. The van der Waals surface area contributed by atoms with E-state index in [0.717, 1.165) is 0 Å². The van der Waals surface area contributed by atoms with Gasteiger partial charge in [0.25, 0.3) is 0 Å². The maximum absolute atomic E-state index is 12.7. The molecule has 0 radical (unpaired) electrons. The molecule has 7 heteroatoms. The summed E-state index contributed by atoms with van der Waals surface area (Å²) in [5.41, 5.74) is 3.09. The molecule has 0 fully saturated rings. The van der Waals surface area contributed by atoms with Gasteiger partial charge in [-0.1, -0.05) is 35.3 Å². The Morgan fingerprint density at radius 1 is 1.21 bits per heavy atom. The van der Waals surface area contributed by atoms with Crippen LogP contribution in [0.2, 0.25) is 10.0 Å². The third-order valence-electron chi connectivity index (χ3n) is 2.97. The van der Waals surface area contributed by atoms with E-state index in [1.165, 1.54) is 18.3 Å². The van der Waals surface area contributed by atoms with Crippen molar-refractivity contribution in [3.63, 3.8) is 0 Å². The van der Waals surface area contributed by atoms with Crippen molar-refractivity contribution >= 4 is 35.3 Å². The van der Waals surface area contributed by atoms with Crippen LogP contribution < -0.4 is 10.2 Å². The third kappa shape index (κ3) is 6.18. The van der Waals surface area contributed by atoms with E-state index in [-0.39, 0.29) is 18.1 Å². The molecule has 0 spiro atoms. The van der Waals surface area contributed by atoms with Crippen molar-refractivity contribution in [1.29, 1.82) is 0 Å². The second-order valence-corrected chi connectivity index (χ2v) is 5.72. The highest BCUT2D eigenvalue weighted by atomic mass is 35.5. The fourth-order valence-electron chi connectivity index (χ4n) is 1.79. The van der Waals surface area contributed by atoms with Crippen molar-refractivity contribution in [2.24, 2.45) is 5.10 Å². The fourth-order valence-corrected chi connectivity index (χ4v) is 2.25. The molecule has 2 aromatic rings. The van der Waals surface area contributed by atoms with E-state index >= 15 is 0 Å². The third-order valence-corrected chi connectivity index (χ3v) is 3.50. The first-order valence-electron chi connectivity index (χ1n) is 7.20. The van der Waals surface area contributed by atoms with Crippen molar-refractivity contribution in [2.75, 3.05) is 6.61 Å². The Morgan fingerprint density at radius 2 is 1.96 bits per heavy atom. The smallest absolute Gasteiger partial charge is 0.240 e. The molecule has 2 aromatic carbocycles. The van der Waals surface area contributed by atoms with Gasteiger partial charge in [-0.05, 0) is 42.3 Å². The predicted molar refractivity (Wildman–Crippen MR) is 93.3 cm³/mol. The van der Waals surface area contributed by atoms with Crippen molar-refractivity contribution < 1.29 is 13.9 Å². The second kappa shape index (κ2) is 9.25. The standard InChI is InChI=1S/C17H15Cl2FN2O2/c18-13-5-8-16(15(19)10-13)24-9-1-2-17(23)22-21-11-12-3-6-14(20)7-4-12/h3-8,10-11H,1-2,9H2,(H,22,23)/b21-11+. The number of nitrogens with one attached hydrogen (secondary N) is 1. The van der Waals surface area contributed by atoms with Gasteiger partial charge in [-0.2, -0.15) is 5.10 Å². The number of hydrogen-bond donors (Lipinski definition) is 1. The number of carbonyl (C=O) groups is 1. The van der Waals surface area contributed by atoms with E-state index < -0.39 is 0 Å². The molecular formula is C17H15Cl2FN2O2. The number of hydrogen-bond acceptors (Lipinski definition) is 3. The number of benzene rings is 2. The van der Waals surface area contributed by atoms with Gasteiger partial charge in [0, 0.05) is 11.4 Å². The molecule has 0 heterocycles. The zero-order chi connectivity index (χ0) is 17.4. The molecule has 126 valence electrons. The van der Waals surface area contributed by atoms with Crippen molar-refractivity contribution in [2.45, 2.75) is 12.8 Å². The minimum atomic E-state index is -0.322. The van der Waals surface area contributed by atoms with Gasteiger partial charge in [0.15, 0.2) is 0 Å². The highest BCUT2D eigenvalue weighted by Gasteiger charge is 2.04. The lowest BCUT2D eigenvalue weighted by atomic mass is 10.2. The van der Waals surface area contributed by atoms with Crippen molar-refractivity contribution in [1.82, 2.24) is 5.43 Å². The maximum atomic E-state index is 12.7. The van der Waals surface area contributed by atoms with Crippen LogP contribution in [-0.2, 0) is 4.79 Å². The lowest BCUT2D eigenvalue weighted by Gasteiger charge is -2.07. The first-order valence-corrected chi connectivity index (χ1v) is 7.95. The molecule has 0 atom stereocenters. The highest BCUT2D eigenvalue weighted by molar-refractivity contribution is 6.35. The Kier molecular flexibility index (Phi) is 7.03. The minimum absolute atomic E-state index is 0.237. The number of rotatable bonds is 7. The number of halogens is 3. The van der Waals surface area contributed by atoms with E-state index in [0.29, 0.717) is 34.4 Å². The fraction of sp³-hybridized carbons (Fsp3) is 0.176. The van der Waals surface area contributed by atoms with Gasteiger partial charge in [-0.3, -0.25) is 4.79 Å². The molecule has 0 saturated carbocycles. The van der Waals surface area contributed by atoms with Gasteiger partial charge in [-0.25, -0.2) is 9.82 Å². The molecule has 24 heavy (non-hydrogen) atoms. The summed E-state index contributed by atoms with van der Waals surface area (Å²) in [4.78, 5) is 11.6. The van der Waals surface area contributed by atoms with Crippen LogP contribution in [0.3, 0.4) is 0 Å².